The maximum atomic E-state index is 11.7. The summed E-state index contributed by atoms with van der Waals surface area (Å²) < 4.78 is 0. The van der Waals surface area contributed by atoms with E-state index in [4.69, 9.17) is 5.11 Å². The summed E-state index contributed by atoms with van der Waals surface area (Å²) in [5.41, 5.74) is 0. The number of carboxylic acids is 1. The van der Waals surface area contributed by atoms with Gasteiger partial charge in [-0.05, 0) is 31.6 Å². The lowest BCUT2D eigenvalue weighted by Gasteiger charge is -2.22. The van der Waals surface area contributed by atoms with Crippen LogP contribution in [0, 0.1) is 11.8 Å². The third kappa shape index (κ3) is 3.60. The average Bonchev–Trinajstić information content (AvgIpc) is 2.57. The number of hydrogen-bond acceptors (Lipinski definition) is 3. The number of carbonyl (C=O) groups excluding carboxylic acids is 1. The zero-order valence-electron chi connectivity index (χ0n) is 11.0. The van der Waals surface area contributed by atoms with E-state index in [1.165, 1.54) is 6.92 Å². The van der Waals surface area contributed by atoms with Crippen molar-refractivity contribution >= 4 is 12.0 Å². The van der Waals surface area contributed by atoms with Crippen molar-refractivity contribution < 1.29 is 19.8 Å². The van der Waals surface area contributed by atoms with Crippen LogP contribution in [0.25, 0.3) is 0 Å². The van der Waals surface area contributed by atoms with Crippen LogP contribution in [0.3, 0.4) is 0 Å². The Labute approximate surface area is 107 Å². The van der Waals surface area contributed by atoms with Crippen molar-refractivity contribution in [2.24, 2.45) is 11.8 Å². The summed E-state index contributed by atoms with van der Waals surface area (Å²) in [4.78, 5) is 22.5. The van der Waals surface area contributed by atoms with Crippen LogP contribution in [0.1, 0.15) is 33.6 Å². The van der Waals surface area contributed by atoms with Gasteiger partial charge < -0.3 is 20.8 Å². The van der Waals surface area contributed by atoms with Crippen LogP contribution in [0.5, 0.6) is 0 Å². The first-order valence-corrected chi connectivity index (χ1v) is 6.30. The molecular weight excluding hydrogens is 236 g/mol. The van der Waals surface area contributed by atoms with Crippen LogP contribution < -0.4 is 10.6 Å². The quantitative estimate of drug-likeness (QED) is 0.592. The zero-order valence-corrected chi connectivity index (χ0v) is 11.0. The molecule has 6 heteroatoms. The fourth-order valence-electron chi connectivity index (χ4n) is 2.31. The molecule has 0 radical (unpaired) electrons. The van der Waals surface area contributed by atoms with E-state index < -0.39 is 24.1 Å². The number of urea groups is 1. The molecule has 0 heterocycles. The van der Waals surface area contributed by atoms with Gasteiger partial charge in [0, 0.05) is 6.04 Å². The molecule has 4 N–H and O–H groups in total. The van der Waals surface area contributed by atoms with Gasteiger partial charge in [-0.25, -0.2) is 9.59 Å². The third-order valence-electron chi connectivity index (χ3n) is 3.82. The Morgan fingerprint density at radius 1 is 1.28 bits per heavy atom. The largest absolute Gasteiger partial charge is 0.480 e. The fraction of sp³-hybridized carbons (Fsp3) is 0.833. The van der Waals surface area contributed by atoms with Gasteiger partial charge in [-0.15, -0.1) is 0 Å². The third-order valence-corrected chi connectivity index (χ3v) is 3.82. The summed E-state index contributed by atoms with van der Waals surface area (Å²) in [6.45, 7) is 5.55. The summed E-state index contributed by atoms with van der Waals surface area (Å²) in [5.74, 6) is -0.305. The molecule has 2 amide bonds. The molecule has 0 spiro atoms. The molecular formula is C12H22N2O4. The van der Waals surface area contributed by atoms with E-state index in [0.29, 0.717) is 11.8 Å². The molecule has 1 rings (SSSR count). The number of aliphatic hydroxyl groups excluding tert-OH is 1. The molecule has 1 fully saturated rings. The topological polar surface area (TPSA) is 98.7 Å². The SMILES string of the molecule is CC(O)C(NC(=O)NC1CCC(C)C1C)C(=O)O. The average molecular weight is 258 g/mol. The minimum atomic E-state index is -1.28. The number of amides is 2. The highest BCUT2D eigenvalue weighted by Gasteiger charge is 2.32. The number of aliphatic carboxylic acids is 1. The molecule has 18 heavy (non-hydrogen) atoms. The number of hydrogen-bond donors (Lipinski definition) is 4. The van der Waals surface area contributed by atoms with Crippen LogP contribution in [-0.4, -0.2) is 40.4 Å². The standard InChI is InChI=1S/C12H22N2O4/c1-6-4-5-9(7(6)2)13-12(18)14-10(8(3)15)11(16)17/h6-10,15H,4-5H2,1-3H3,(H,16,17)(H2,13,14,18). The zero-order chi connectivity index (χ0) is 13.9. The normalized spacial score (nSPS) is 30.6. The molecule has 1 aliphatic carbocycles. The molecule has 0 aromatic heterocycles. The van der Waals surface area contributed by atoms with Crippen molar-refractivity contribution in [1.29, 1.82) is 0 Å². The molecule has 0 saturated heterocycles. The first-order chi connectivity index (χ1) is 8.32. The Kier molecular flexibility index (Phi) is 4.95. The van der Waals surface area contributed by atoms with Crippen LogP contribution in [0.4, 0.5) is 4.79 Å². The van der Waals surface area contributed by atoms with Crippen LogP contribution in [-0.2, 0) is 4.79 Å². The molecule has 104 valence electrons. The van der Waals surface area contributed by atoms with Crippen LogP contribution in [0.2, 0.25) is 0 Å². The highest BCUT2D eigenvalue weighted by molar-refractivity contribution is 5.83. The van der Waals surface area contributed by atoms with Crippen molar-refractivity contribution in [3.05, 3.63) is 0 Å². The number of carboxylic acid groups (broad SMARTS) is 1. The number of aliphatic hydroxyl groups is 1. The Morgan fingerprint density at radius 2 is 1.89 bits per heavy atom. The second kappa shape index (κ2) is 6.04. The van der Waals surface area contributed by atoms with Crippen LogP contribution >= 0.6 is 0 Å². The van der Waals surface area contributed by atoms with Gasteiger partial charge in [0.25, 0.3) is 0 Å². The van der Waals surface area contributed by atoms with Gasteiger partial charge in [0.2, 0.25) is 0 Å². The van der Waals surface area contributed by atoms with E-state index in [2.05, 4.69) is 24.5 Å². The van der Waals surface area contributed by atoms with E-state index in [1.54, 1.807) is 0 Å². The maximum absolute atomic E-state index is 11.7. The molecule has 1 aliphatic rings. The molecule has 5 atom stereocenters. The predicted molar refractivity (Wildman–Crippen MR) is 66.1 cm³/mol. The maximum Gasteiger partial charge on any atom is 0.328 e. The molecule has 5 unspecified atom stereocenters. The summed E-state index contributed by atoms with van der Waals surface area (Å²) in [6, 6.07) is -1.74. The van der Waals surface area contributed by atoms with Gasteiger partial charge in [0.05, 0.1) is 6.10 Å². The molecule has 0 aliphatic heterocycles. The van der Waals surface area contributed by atoms with Crippen LogP contribution in [0.15, 0.2) is 0 Å². The van der Waals surface area contributed by atoms with Crippen molar-refractivity contribution in [2.45, 2.75) is 51.8 Å². The summed E-state index contributed by atoms with van der Waals surface area (Å²) >= 11 is 0. The molecule has 6 nitrogen and oxygen atoms in total. The van der Waals surface area contributed by atoms with Gasteiger partial charge >= 0.3 is 12.0 Å². The minimum Gasteiger partial charge on any atom is -0.480 e. The van der Waals surface area contributed by atoms with Gasteiger partial charge in [-0.3, -0.25) is 0 Å². The number of nitrogens with one attached hydrogen (secondary N) is 2. The minimum absolute atomic E-state index is 0.0726. The lowest BCUT2D eigenvalue weighted by atomic mass is 9.98. The Balaban J connectivity index is 2.48. The Morgan fingerprint density at radius 3 is 2.28 bits per heavy atom. The van der Waals surface area contributed by atoms with E-state index in [9.17, 15) is 14.7 Å². The molecule has 0 bridgehead atoms. The second-order valence-electron chi connectivity index (χ2n) is 5.19. The number of carbonyl (C=O) groups is 2. The van der Waals surface area contributed by atoms with E-state index in [1.807, 2.05) is 0 Å². The van der Waals surface area contributed by atoms with Crippen molar-refractivity contribution in [3.63, 3.8) is 0 Å². The first-order valence-electron chi connectivity index (χ1n) is 6.30. The van der Waals surface area contributed by atoms with Crippen molar-refractivity contribution in [3.8, 4) is 0 Å². The first kappa shape index (κ1) is 14.8. The lowest BCUT2D eigenvalue weighted by molar-refractivity contribution is -0.141. The molecule has 0 aromatic rings. The van der Waals surface area contributed by atoms with Gasteiger partial charge in [0.1, 0.15) is 0 Å². The van der Waals surface area contributed by atoms with Crippen molar-refractivity contribution in [1.82, 2.24) is 10.6 Å². The van der Waals surface area contributed by atoms with Gasteiger partial charge in [-0.1, -0.05) is 13.8 Å². The Bertz CT molecular complexity index is 319. The van der Waals surface area contributed by atoms with Gasteiger partial charge in [0.15, 0.2) is 6.04 Å². The second-order valence-corrected chi connectivity index (χ2v) is 5.19. The highest BCUT2D eigenvalue weighted by atomic mass is 16.4. The predicted octanol–water partition coefficient (Wildman–Crippen LogP) is 0.554. The van der Waals surface area contributed by atoms with E-state index in [-0.39, 0.29) is 6.04 Å². The lowest BCUT2D eigenvalue weighted by Crippen LogP contribution is -2.53. The summed E-state index contributed by atoms with van der Waals surface area (Å²) in [5, 5.41) is 23.2. The van der Waals surface area contributed by atoms with E-state index in [0.717, 1.165) is 12.8 Å². The van der Waals surface area contributed by atoms with Crippen molar-refractivity contribution in [2.75, 3.05) is 0 Å². The smallest absolute Gasteiger partial charge is 0.328 e. The van der Waals surface area contributed by atoms with E-state index >= 15 is 0 Å². The summed E-state index contributed by atoms with van der Waals surface area (Å²) in [7, 11) is 0. The highest BCUT2D eigenvalue weighted by Crippen LogP contribution is 2.30. The summed E-state index contributed by atoms with van der Waals surface area (Å²) in [6.07, 6.45) is 0.834. The number of rotatable bonds is 4. The Hall–Kier alpha value is -1.30. The molecule has 1 saturated carbocycles. The van der Waals surface area contributed by atoms with Gasteiger partial charge in [-0.2, -0.15) is 0 Å². The fourth-order valence-corrected chi connectivity index (χ4v) is 2.31. The molecule has 0 aromatic carbocycles. The monoisotopic (exact) mass is 258 g/mol.